The molecule has 18 heavy (non-hydrogen) atoms. The molecule has 1 atom stereocenters. The lowest BCUT2D eigenvalue weighted by Crippen LogP contribution is -2.16. The highest BCUT2D eigenvalue weighted by atomic mass is 28.3. The Kier molecular flexibility index (Phi) is 8.79. The van der Waals surface area contributed by atoms with Crippen LogP contribution in [0.15, 0.2) is 0 Å². The van der Waals surface area contributed by atoms with Gasteiger partial charge >= 0.3 is 0 Å². The molecule has 0 spiro atoms. The van der Waals surface area contributed by atoms with E-state index >= 15 is 0 Å². The number of rotatable bonds is 6. The third kappa shape index (κ3) is 10.4. The highest BCUT2D eigenvalue weighted by molar-refractivity contribution is 6.83. The first-order valence-electron chi connectivity index (χ1n) is 6.15. The molecule has 0 aromatic rings. The maximum Gasteiger partial charge on any atom is 0.156 e. The molecule has 0 aliphatic heterocycles. The molecule has 0 bridgehead atoms. The Hall–Kier alpha value is -0.783. The van der Waals surface area contributed by atoms with Gasteiger partial charge < -0.3 is 14.6 Å². The third-order valence-corrected chi connectivity index (χ3v) is 3.06. The van der Waals surface area contributed by atoms with Crippen LogP contribution in [0.25, 0.3) is 0 Å². The SMILES string of the molecule is COC(CCCC(O)C#CC#C[Si](C)(C)C)OC. The van der Waals surface area contributed by atoms with E-state index in [9.17, 15) is 5.11 Å². The van der Waals surface area contributed by atoms with Crippen LogP contribution in [-0.2, 0) is 9.47 Å². The second-order valence-electron chi connectivity index (χ2n) is 5.12. The molecule has 0 aromatic heterocycles. The topological polar surface area (TPSA) is 38.7 Å². The van der Waals surface area contributed by atoms with Crippen molar-refractivity contribution >= 4 is 8.07 Å². The van der Waals surface area contributed by atoms with Crippen LogP contribution in [0.5, 0.6) is 0 Å². The lowest BCUT2D eigenvalue weighted by atomic mass is 10.1. The Labute approximate surface area is 112 Å². The zero-order chi connectivity index (χ0) is 14.0. The minimum absolute atomic E-state index is 0.197. The quantitative estimate of drug-likeness (QED) is 0.455. The lowest BCUT2D eigenvalue weighted by Gasteiger charge is -2.12. The third-order valence-electron chi connectivity index (χ3n) is 2.18. The molecule has 3 nitrogen and oxygen atoms in total. The fourth-order valence-corrected chi connectivity index (χ4v) is 1.66. The predicted molar refractivity (Wildman–Crippen MR) is 76.6 cm³/mol. The standard InChI is InChI=1S/C14H24O3Si/c1-16-14(17-2)11-8-10-13(15)9-6-7-12-18(3,4)5/h13-15H,8,10-11H2,1-5H3. The Morgan fingerprint density at radius 2 is 1.67 bits per heavy atom. The molecule has 1 unspecified atom stereocenters. The van der Waals surface area contributed by atoms with Crippen LogP contribution in [-0.4, -0.2) is 39.8 Å². The van der Waals surface area contributed by atoms with Crippen LogP contribution < -0.4 is 0 Å². The maximum absolute atomic E-state index is 9.63. The van der Waals surface area contributed by atoms with Crippen molar-refractivity contribution in [1.29, 1.82) is 0 Å². The number of hydrogen-bond acceptors (Lipinski definition) is 3. The summed E-state index contributed by atoms with van der Waals surface area (Å²) in [6.45, 7) is 6.48. The highest BCUT2D eigenvalue weighted by Gasteiger charge is 2.07. The highest BCUT2D eigenvalue weighted by Crippen LogP contribution is 2.06. The first kappa shape index (κ1) is 17.2. The van der Waals surface area contributed by atoms with Gasteiger partial charge in [-0.25, -0.2) is 0 Å². The van der Waals surface area contributed by atoms with Crippen LogP contribution in [0.1, 0.15) is 19.3 Å². The van der Waals surface area contributed by atoms with Gasteiger partial charge in [-0.05, 0) is 31.1 Å². The summed E-state index contributed by atoms with van der Waals surface area (Å²) in [7, 11) is 1.86. The molecule has 0 amide bonds. The van der Waals surface area contributed by atoms with Crippen molar-refractivity contribution in [2.45, 2.75) is 51.3 Å². The molecule has 0 aliphatic carbocycles. The zero-order valence-electron chi connectivity index (χ0n) is 12.0. The van der Waals surface area contributed by atoms with Crippen molar-refractivity contribution in [1.82, 2.24) is 0 Å². The number of methoxy groups -OCH3 is 2. The molecule has 1 N–H and O–H groups in total. The molecule has 0 saturated carbocycles. The van der Waals surface area contributed by atoms with Crippen LogP contribution >= 0.6 is 0 Å². The summed E-state index contributed by atoms with van der Waals surface area (Å²) in [6.07, 6.45) is 1.37. The number of aliphatic hydroxyl groups is 1. The van der Waals surface area contributed by atoms with Gasteiger partial charge in [0.25, 0.3) is 0 Å². The second-order valence-corrected chi connectivity index (χ2v) is 9.87. The summed E-state index contributed by atoms with van der Waals surface area (Å²) in [5.41, 5.74) is 3.13. The van der Waals surface area contributed by atoms with Crippen molar-refractivity contribution in [3.8, 4) is 23.3 Å². The van der Waals surface area contributed by atoms with E-state index in [2.05, 4.69) is 42.9 Å². The average molecular weight is 268 g/mol. The summed E-state index contributed by atoms with van der Waals surface area (Å²) >= 11 is 0. The van der Waals surface area contributed by atoms with E-state index in [1.807, 2.05) is 0 Å². The van der Waals surface area contributed by atoms with Gasteiger partial charge in [0.15, 0.2) is 6.29 Å². The first-order chi connectivity index (χ1) is 8.39. The molecule has 0 heterocycles. The van der Waals surface area contributed by atoms with Gasteiger partial charge in [-0.15, -0.1) is 5.54 Å². The normalized spacial score (nSPS) is 12.4. The summed E-state index contributed by atoms with van der Waals surface area (Å²) in [5.74, 6) is 8.28. The van der Waals surface area contributed by atoms with E-state index in [1.165, 1.54) is 0 Å². The Morgan fingerprint density at radius 3 is 2.17 bits per heavy atom. The molecule has 102 valence electrons. The predicted octanol–water partition coefficient (Wildman–Crippen LogP) is 2.02. The summed E-state index contributed by atoms with van der Waals surface area (Å²) in [6, 6.07) is 0. The molecular formula is C14H24O3Si. The number of hydrogen-bond donors (Lipinski definition) is 1. The Morgan fingerprint density at radius 1 is 1.06 bits per heavy atom. The van der Waals surface area contributed by atoms with Crippen molar-refractivity contribution in [2.24, 2.45) is 0 Å². The fourth-order valence-electron chi connectivity index (χ4n) is 1.22. The first-order valence-corrected chi connectivity index (χ1v) is 9.65. The van der Waals surface area contributed by atoms with Crippen LogP contribution in [0.3, 0.4) is 0 Å². The molecule has 0 saturated heterocycles. The lowest BCUT2D eigenvalue weighted by molar-refractivity contribution is -0.107. The van der Waals surface area contributed by atoms with Crippen molar-refractivity contribution in [3.63, 3.8) is 0 Å². The van der Waals surface area contributed by atoms with Gasteiger partial charge in [0.2, 0.25) is 0 Å². The average Bonchev–Trinajstić information content (AvgIpc) is 2.29. The van der Waals surface area contributed by atoms with E-state index in [0.717, 1.165) is 12.8 Å². The largest absolute Gasteiger partial charge is 0.380 e. The van der Waals surface area contributed by atoms with Crippen LogP contribution in [0.2, 0.25) is 19.6 Å². The second kappa shape index (κ2) is 9.19. The summed E-state index contributed by atoms with van der Waals surface area (Å²) < 4.78 is 10.1. The van der Waals surface area contributed by atoms with Crippen molar-refractivity contribution in [3.05, 3.63) is 0 Å². The monoisotopic (exact) mass is 268 g/mol. The molecule has 0 fully saturated rings. The van der Waals surface area contributed by atoms with E-state index < -0.39 is 14.2 Å². The van der Waals surface area contributed by atoms with Crippen LogP contribution in [0.4, 0.5) is 0 Å². The molecule has 0 radical (unpaired) electrons. The van der Waals surface area contributed by atoms with Gasteiger partial charge in [0.1, 0.15) is 14.2 Å². The minimum Gasteiger partial charge on any atom is -0.380 e. The maximum atomic E-state index is 9.63. The van der Waals surface area contributed by atoms with Gasteiger partial charge in [0.05, 0.1) is 0 Å². The van der Waals surface area contributed by atoms with Gasteiger partial charge in [-0.1, -0.05) is 25.6 Å². The van der Waals surface area contributed by atoms with E-state index in [-0.39, 0.29) is 6.29 Å². The number of ether oxygens (including phenoxy) is 2. The van der Waals surface area contributed by atoms with Crippen molar-refractivity contribution in [2.75, 3.05) is 14.2 Å². The Balaban J connectivity index is 3.94. The Bertz CT molecular complexity index is 334. The molecule has 0 rings (SSSR count). The summed E-state index contributed by atoms with van der Waals surface area (Å²) in [4.78, 5) is 0. The van der Waals surface area contributed by atoms with Gasteiger partial charge in [-0.3, -0.25) is 0 Å². The fraction of sp³-hybridized carbons (Fsp3) is 0.714. The van der Waals surface area contributed by atoms with Gasteiger partial charge in [0, 0.05) is 14.2 Å². The summed E-state index contributed by atoms with van der Waals surface area (Å²) in [5, 5.41) is 9.63. The van der Waals surface area contributed by atoms with Gasteiger partial charge in [-0.2, -0.15) is 0 Å². The minimum atomic E-state index is -1.36. The zero-order valence-corrected chi connectivity index (χ0v) is 13.0. The number of aliphatic hydroxyl groups excluding tert-OH is 1. The van der Waals surface area contributed by atoms with Crippen LogP contribution in [0, 0.1) is 23.3 Å². The molecule has 4 heteroatoms. The molecular weight excluding hydrogens is 244 g/mol. The van der Waals surface area contributed by atoms with Crippen molar-refractivity contribution < 1.29 is 14.6 Å². The van der Waals surface area contributed by atoms with E-state index in [1.54, 1.807) is 14.2 Å². The van der Waals surface area contributed by atoms with E-state index in [4.69, 9.17) is 9.47 Å². The smallest absolute Gasteiger partial charge is 0.156 e. The molecule has 0 aromatic carbocycles. The van der Waals surface area contributed by atoms with E-state index in [0.29, 0.717) is 6.42 Å². The molecule has 0 aliphatic rings.